The van der Waals surface area contributed by atoms with Crippen LogP contribution in [0.25, 0.3) is 11.3 Å². The standard InChI is InChI=1S/C26H25N3O9/c1-29(2)17-13-8-10-7-9-3-4-11(21-12(24(27)35)5-6-38-21)18(30)14(9)19(31)15(10)22(33)26(13,37)23(34)16(20(17)32)25(28)36/h3-6,10,13,15-17,30,37H,7-8H2,1-2H3,(H2,27,35)(H2,28,36)/t10-,13-,15?,16?,17-,26-/m1/s1. The van der Waals surface area contributed by atoms with Crippen LogP contribution in [0.5, 0.6) is 5.75 Å². The fourth-order valence-electron chi connectivity index (χ4n) is 6.48. The fraction of sp³-hybridized carbons (Fsp3) is 0.385. The molecule has 12 heteroatoms. The number of nitrogens with zero attached hydrogens (tertiary/aromatic N) is 1. The van der Waals surface area contributed by atoms with Crippen molar-refractivity contribution in [3.05, 3.63) is 41.2 Å². The number of Topliss-reactive ketones (excluding diaryl/α,β-unsaturated/α-hetero) is 4. The van der Waals surface area contributed by atoms with Crippen LogP contribution >= 0.6 is 0 Å². The van der Waals surface area contributed by atoms with Crippen LogP contribution in [0.4, 0.5) is 0 Å². The van der Waals surface area contributed by atoms with Crippen molar-refractivity contribution in [1.82, 2.24) is 4.90 Å². The second kappa shape index (κ2) is 8.43. The van der Waals surface area contributed by atoms with Crippen molar-refractivity contribution in [3.8, 4) is 17.1 Å². The SMILES string of the molecule is CN(C)[C@H]1C(=O)C(C(N)=O)C(=O)[C@]2(O)C(=O)C3C(=O)c4c(ccc(-c5occc5C(N)=O)c4O)C[C@@H]3C[C@H]12. The lowest BCUT2D eigenvalue weighted by Crippen LogP contribution is -2.74. The molecule has 38 heavy (non-hydrogen) atoms. The Morgan fingerprint density at radius 1 is 1.08 bits per heavy atom. The molecule has 3 aliphatic carbocycles. The van der Waals surface area contributed by atoms with E-state index >= 15 is 0 Å². The van der Waals surface area contributed by atoms with E-state index in [1.54, 1.807) is 6.07 Å². The third-order valence-electron chi connectivity index (χ3n) is 8.11. The molecule has 1 aromatic heterocycles. The van der Waals surface area contributed by atoms with E-state index in [0.717, 1.165) is 0 Å². The highest BCUT2D eigenvalue weighted by atomic mass is 16.3. The second-order valence-corrected chi connectivity index (χ2v) is 10.3. The lowest BCUT2D eigenvalue weighted by atomic mass is 9.52. The summed E-state index contributed by atoms with van der Waals surface area (Å²) in [5.74, 6) is -12.3. The van der Waals surface area contributed by atoms with Crippen LogP contribution in [0.1, 0.15) is 32.7 Å². The highest BCUT2D eigenvalue weighted by Crippen LogP contribution is 2.51. The molecule has 2 aromatic rings. The van der Waals surface area contributed by atoms with Gasteiger partial charge in [-0.3, -0.25) is 33.7 Å². The number of phenolic OH excluding ortho intramolecular Hbond substituents is 1. The summed E-state index contributed by atoms with van der Waals surface area (Å²) in [5, 5.41) is 22.7. The van der Waals surface area contributed by atoms with Gasteiger partial charge >= 0.3 is 0 Å². The number of carbonyl (C=O) groups excluding carboxylic acids is 6. The van der Waals surface area contributed by atoms with Crippen molar-refractivity contribution >= 4 is 34.9 Å². The first-order chi connectivity index (χ1) is 17.8. The summed E-state index contributed by atoms with van der Waals surface area (Å²) in [4.78, 5) is 79.2. The van der Waals surface area contributed by atoms with Crippen LogP contribution in [0.15, 0.2) is 28.9 Å². The van der Waals surface area contributed by atoms with Gasteiger partial charge in [0.05, 0.1) is 34.9 Å². The molecule has 2 saturated carbocycles. The molecule has 0 bridgehead atoms. The number of carbonyl (C=O) groups is 6. The zero-order valence-corrected chi connectivity index (χ0v) is 20.5. The number of fused-ring (bicyclic) bond motifs is 3. The summed E-state index contributed by atoms with van der Waals surface area (Å²) in [6, 6.07) is 3.16. The minimum Gasteiger partial charge on any atom is -0.506 e. The monoisotopic (exact) mass is 523 g/mol. The van der Waals surface area contributed by atoms with Crippen molar-refractivity contribution in [2.45, 2.75) is 24.5 Å². The van der Waals surface area contributed by atoms with Gasteiger partial charge in [-0.05, 0) is 50.6 Å². The first-order valence-corrected chi connectivity index (χ1v) is 11.9. The van der Waals surface area contributed by atoms with Gasteiger partial charge in [-0.1, -0.05) is 6.07 Å². The maximum atomic E-state index is 13.8. The number of furan rings is 1. The number of nitrogens with two attached hydrogens (primary N) is 2. The smallest absolute Gasteiger partial charge is 0.252 e. The van der Waals surface area contributed by atoms with E-state index in [-0.39, 0.29) is 35.3 Å². The fourth-order valence-corrected chi connectivity index (χ4v) is 6.48. The van der Waals surface area contributed by atoms with E-state index in [1.165, 1.54) is 37.4 Å². The van der Waals surface area contributed by atoms with Crippen LogP contribution in [0.3, 0.4) is 0 Å². The molecule has 2 unspecified atom stereocenters. The maximum Gasteiger partial charge on any atom is 0.252 e. The molecular formula is C26H25N3O9. The molecule has 3 aliphatic rings. The number of ketones is 4. The summed E-state index contributed by atoms with van der Waals surface area (Å²) in [7, 11) is 3.03. The number of likely N-dealkylation sites (N-methyl/N-ethyl adjacent to an activating group) is 1. The van der Waals surface area contributed by atoms with E-state index in [1.807, 2.05) is 0 Å². The molecule has 6 N–H and O–H groups in total. The van der Waals surface area contributed by atoms with Gasteiger partial charge in [0, 0.05) is 5.92 Å². The molecule has 5 rings (SSSR count). The van der Waals surface area contributed by atoms with Gasteiger partial charge in [-0.25, -0.2) is 0 Å². The molecule has 0 radical (unpaired) electrons. The molecule has 1 heterocycles. The van der Waals surface area contributed by atoms with Gasteiger partial charge in [0.1, 0.15) is 11.5 Å². The average molecular weight is 523 g/mol. The summed E-state index contributed by atoms with van der Waals surface area (Å²) in [5.41, 5.74) is 8.05. The van der Waals surface area contributed by atoms with Crippen LogP contribution in [-0.2, 0) is 25.6 Å². The highest BCUT2D eigenvalue weighted by molar-refractivity contribution is 6.32. The van der Waals surface area contributed by atoms with Crippen molar-refractivity contribution in [3.63, 3.8) is 0 Å². The number of aliphatic hydroxyl groups is 1. The van der Waals surface area contributed by atoms with Crippen molar-refractivity contribution in [2.75, 3.05) is 14.1 Å². The second-order valence-electron chi connectivity index (χ2n) is 10.3. The number of primary amides is 2. The third-order valence-corrected chi connectivity index (χ3v) is 8.11. The Bertz CT molecular complexity index is 1460. The summed E-state index contributed by atoms with van der Waals surface area (Å²) in [6.07, 6.45) is 1.27. The quantitative estimate of drug-likeness (QED) is 0.367. The van der Waals surface area contributed by atoms with Gasteiger partial charge in [0.2, 0.25) is 5.91 Å². The Morgan fingerprint density at radius 3 is 2.37 bits per heavy atom. The number of rotatable bonds is 4. The van der Waals surface area contributed by atoms with Crippen LogP contribution in [0.2, 0.25) is 0 Å². The van der Waals surface area contributed by atoms with Gasteiger partial charge in [0.15, 0.2) is 34.7 Å². The first-order valence-electron chi connectivity index (χ1n) is 11.9. The topological polar surface area (TPSA) is 211 Å². The Kier molecular flexibility index (Phi) is 5.65. The zero-order chi connectivity index (χ0) is 27.8. The lowest BCUT2D eigenvalue weighted by Gasteiger charge is -2.52. The van der Waals surface area contributed by atoms with Gasteiger partial charge in [-0.15, -0.1) is 0 Å². The van der Waals surface area contributed by atoms with Gasteiger partial charge < -0.3 is 26.1 Å². The van der Waals surface area contributed by atoms with Crippen molar-refractivity contribution in [1.29, 1.82) is 0 Å². The molecule has 2 fully saturated rings. The van der Waals surface area contributed by atoms with Gasteiger partial charge in [-0.2, -0.15) is 0 Å². The lowest BCUT2D eigenvalue weighted by molar-refractivity contribution is -0.181. The maximum absolute atomic E-state index is 13.8. The third kappa shape index (κ3) is 3.23. The molecule has 12 nitrogen and oxygen atoms in total. The number of phenols is 1. The molecule has 0 spiro atoms. The van der Waals surface area contributed by atoms with E-state index < -0.39 is 76.0 Å². The predicted molar refractivity (Wildman–Crippen MR) is 128 cm³/mol. The van der Waals surface area contributed by atoms with Crippen LogP contribution in [-0.4, -0.2) is 75.8 Å². The number of hydrogen-bond donors (Lipinski definition) is 4. The van der Waals surface area contributed by atoms with Crippen LogP contribution in [0, 0.1) is 23.7 Å². The number of amides is 2. The van der Waals surface area contributed by atoms with E-state index in [9.17, 15) is 39.0 Å². The Balaban J connectivity index is 1.63. The van der Waals surface area contributed by atoms with Crippen molar-refractivity contribution in [2.24, 2.45) is 35.1 Å². The molecule has 198 valence electrons. The Labute approximate surface area is 215 Å². The number of hydrogen-bond acceptors (Lipinski definition) is 10. The zero-order valence-electron chi connectivity index (χ0n) is 20.5. The predicted octanol–water partition coefficient (Wildman–Crippen LogP) is -0.774. The average Bonchev–Trinajstić information content (AvgIpc) is 3.31. The molecular weight excluding hydrogens is 498 g/mol. The minimum atomic E-state index is -2.80. The summed E-state index contributed by atoms with van der Waals surface area (Å²) < 4.78 is 5.32. The van der Waals surface area contributed by atoms with Crippen LogP contribution < -0.4 is 11.5 Å². The molecule has 0 saturated heterocycles. The highest BCUT2D eigenvalue weighted by Gasteiger charge is 2.69. The van der Waals surface area contributed by atoms with Crippen molar-refractivity contribution < 1.29 is 43.4 Å². The minimum absolute atomic E-state index is 0.00463. The first kappa shape index (κ1) is 25.5. The normalized spacial score (nSPS) is 30.6. The van der Waals surface area contributed by atoms with E-state index in [4.69, 9.17) is 15.9 Å². The molecule has 0 aliphatic heterocycles. The molecule has 2 amide bonds. The van der Waals surface area contributed by atoms with E-state index in [2.05, 4.69) is 0 Å². The number of aromatic hydroxyl groups is 1. The Hall–Kier alpha value is -4.16. The Morgan fingerprint density at radius 2 is 1.76 bits per heavy atom. The number of benzene rings is 1. The molecule has 6 atom stereocenters. The summed E-state index contributed by atoms with van der Waals surface area (Å²) in [6.45, 7) is 0. The molecule has 1 aromatic carbocycles. The van der Waals surface area contributed by atoms with E-state index in [0.29, 0.717) is 5.56 Å². The summed E-state index contributed by atoms with van der Waals surface area (Å²) >= 11 is 0. The largest absolute Gasteiger partial charge is 0.506 e. The van der Waals surface area contributed by atoms with Gasteiger partial charge in [0.25, 0.3) is 5.91 Å².